The van der Waals surface area contributed by atoms with Gasteiger partial charge in [0.25, 0.3) is 0 Å². The molecule has 5 heteroatoms. The van der Waals surface area contributed by atoms with Gasteiger partial charge in [-0.2, -0.15) is 0 Å². The standard InChI is InChI=1S/C20H27N3OS/c1-3-22-12-10-18(11-13-22)23(15-19-5-4-14-25-19)20(24)21-17-8-6-16(2)7-9-17/h4-9,14,18H,3,10-13,15H2,1-2H3,(H,21,24). The molecule has 0 unspecified atom stereocenters. The lowest BCUT2D eigenvalue weighted by molar-refractivity contribution is 0.127. The number of nitrogens with one attached hydrogen (secondary N) is 1. The maximum absolute atomic E-state index is 13.0. The van der Waals surface area contributed by atoms with Crippen LogP contribution in [-0.2, 0) is 6.54 Å². The van der Waals surface area contributed by atoms with Gasteiger partial charge in [-0.1, -0.05) is 30.7 Å². The Bertz CT molecular complexity index is 661. The fourth-order valence-electron chi connectivity index (χ4n) is 3.32. The fraction of sp³-hybridized carbons (Fsp3) is 0.450. The lowest BCUT2D eigenvalue weighted by Crippen LogP contribution is -2.48. The molecule has 134 valence electrons. The zero-order valence-electron chi connectivity index (χ0n) is 15.1. The number of hydrogen-bond donors (Lipinski definition) is 1. The van der Waals surface area contributed by atoms with Gasteiger partial charge in [0.05, 0.1) is 6.54 Å². The van der Waals surface area contributed by atoms with E-state index in [9.17, 15) is 4.79 Å². The van der Waals surface area contributed by atoms with Crippen LogP contribution in [0, 0.1) is 6.92 Å². The van der Waals surface area contributed by atoms with Crippen molar-refractivity contribution in [3.05, 3.63) is 52.2 Å². The van der Waals surface area contributed by atoms with E-state index in [1.165, 1.54) is 10.4 Å². The molecule has 1 aliphatic heterocycles. The highest BCUT2D eigenvalue weighted by atomic mass is 32.1. The van der Waals surface area contributed by atoms with Crippen LogP contribution in [0.2, 0.25) is 0 Å². The third-order valence-corrected chi connectivity index (χ3v) is 5.78. The Hall–Kier alpha value is -1.85. The normalized spacial score (nSPS) is 15.9. The lowest BCUT2D eigenvalue weighted by Gasteiger charge is -2.38. The Kier molecular flexibility index (Phi) is 6.10. The zero-order valence-corrected chi connectivity index (χ0v) is 15.9. The number of urea groups is 1. The molecule has 0 spiro atoms. The summed E-state index contributed by atoms with van der Waals surface area (Å²) < 4.78 is 0. The Morgan fingerprint density at radius 2 is 1.96 bits per heavy atom. The molecule has 0 radical (unpaired) electrons. The van der Waals surface area contributed by atoms with Crippen molar-refractivity contribution in [2.75, 3.05) is 25.0 Å². The second-order valence-electron chi connectivity index (χ2n) is 6.67. The summed E-state index contributed by atoms with van der Waals surface area (Å²) in [6.07, 6.45) is 2.08. The van der Waals surface area contributed by atoms with Gasteiger partial charge in [0.2, 0.25) is 0 Å². The van der Waals surface area contributed by atoms with Gasteiger partial charge in [-0.05, 0) is 49.9 Å². The van der Waals surface area contributed by atoms with Crippen LogP contribution in [0.5, 0.6) is 0 Å². The highest BCUT2D eigenvalue weighted by molar-refractivity contribution is 7.09. The second kappa shape index (κ2) is 8.50. The van der Waals surface area contributed by atoms with Crippen molar-refractivity contribution in [1.29, 1.82) is 0 Å². The van der Waals surface area contributed by atoms with E-state index in [0.29, 0.717) is 12.6 Å². The molecule has 2 amide bonds. The monoisotopic (exact) mass is 357 g/mol. The largest absolute Gasteiger partial charge is 0.322 e. The van der Waals surface area contributed by atoms with Gasteiger partial charge in [-0.15, -0.1) is 11.3 Å². The Morgan fingerprint density at radius 1 is 1.24 bits per heavy atom. The average Bonchev–Trinajstić information content (AvgIpc) is 3.15. The summed E-state index contributed by atoms with van der Waals surface area (Å²) in [5, 5.41) is 5.16. The molecule has 1 saturated heterocycles. The third kappa shape index (κ3) is 4.83. The molecule has 1 aromatic heterocycles. The molecule has 1 N–H and O–H groups in total. The quantitative estimate of drug-likeness (QED) is 0.850. The van der Waals surface area contributed by atoms with E-state index >= 15 is 0 Å². The predicted molar refractivity (Wildman–Crippen MR) is 105 cm³/mol. The third-order valence-electron chi connectivity index (χ3n) is 4.92. The molecule has 2 heterocycles. The molecule has 0 saturated carbocycles. The van der Waals surface area contributed by atoms with Gasteiger partial charge in [-0.3, -0.25) is 0 Å². The number of aryl methyl sites for hydroxylation is 1. The molecule has 0 atom stereocenters. The Balaban J connectivity index is 1.71. The molecule has 1 fully saturated rings. The van der Waals surface area contributed by atoms with Crippen molar-refractivity contribution in [3.8, 4) is 0 Å². The molecule has 4 nitrogen and oxygen atoms in total. The number of benzene rings is 1. The van der Waals surface area contributed by atoms with E-state index in [1.54, 1.807) is 11.3 Å². The van der Waals surface area contributed by atoms with Crippen molar-refractivity contribution in [2.45, 2.75) is 39.3 Å². The van der Waals surface area contributed by atoms with Crippen molar-refractivity contribution in [3.63, 3.8) is 0 Å². The van der Waals surface area contributed by atoms with E-state index in [2.05, 4.69) is 41.6 Å². The molecule has 2 aromatic rings. The first-order valence-electron chi connectivity index (χ1n) is 9.04. The van der Waals surface area contributed by atoms with Crippen molar-refractivity contribution < 1.29 is 4.79 Å². The smallest absolute Gasteiger partial charge is 0.316 e. The number of rotatable bonds is 5. The van der Waals surface area contributed by atoms with Crippen LogP contribution in [0.25, 0.3) is 0 Å². The number of anilines is 1. The van der Waals surface area contributed by atoms with E-state index in [0.717, 1.165) is 38.2 Å². The molecule has 0 bridgehead atoms. The van der Waals surface area contributed by atoms with Gasteiger partial charge >= 0.3 is 6.03 Å². The number of hydrogen-bond acceptors (Lipinski definition) is 3. The second-order valence-corrected chi connectivity index (χ2v) is 7.70. The highest BCUT2D eigenvalue weighted by Crippen LogP contribution is 2.22. The first kappa shape index (κ1) is 18.0. The fourth-order valence-corrected chi connectivity index (χ4v) is 4.02. The van der Waals surface area contributed by atoms with Crippen LogP contribution in [0.15, 0.2) is 41.8 Å². The number of carbonyl (C=O) groups excluding carboxylic acids is 1. The van der Waals surface area contributed by atoms with E-state index in [1.807, 2.05) is 29.2 Å². The highest BCUT2D eigenvalue weighted by Gasteiger charge is 2.28. The van der Waals surface area contributed by atoms with Gasteiger partial charge in [0, 0.05) is 29.7 Å². The maximum Gasteiger partial charge on any atom is 0.322 e. The average molecular weight is 358 g/mol. The molecule has 3 rings (SSSR count). The topological polar surface area (TPSA) is 35.6 Å². The van der Waals surface area contributed by atoms with Gasteiger partial charge in [0.1, 0.15) is 0 Å². The summed E-state index contributed by atoms with van der Waals surface area (Å²) in [4.78, 5) is 18.7. The van der Waals surface area contributed by atoms with Crippen molar-refractivity contribution in [2.24, 2.45) is 0 Å². The van der Waals surface area contributed by atoms with Gasteiger partial charge in [0.15, 0.2) is 0 Å². The molecule has 0 aliphatic carbocycles. The molecule has 25 heavy (non-hydrogen) atoms. The molecule has 1 aliphatic rings. The Morgan fingerprint density at radius 3 is 2.56 bits per heavy atom. The van der Waals surface area contributed by atoms with Crippen molar-refractivity contribution >= 4 is 23.1 Å². The summed E-state index contributed by atoms with van der Waals surface area (Å²) >= 11 is 1.71. The number of likely N-dealkylation sites (tertiary alicyclic amines) is 1. The van der Waals surface area contributed by atoms with Crippen LogP contribution in [-0.4, -0.2) is 41.5 Å². The van der Waals surface area contributed by atoms with Gasteiger partial charge < -0.3 is 15.1 Å². The minimum atomic E-state index is 0.00667. The maximum atomic E-state index is 13.0. The lowest BCUT2D eigenvalue weighted by atomic mass is 10.0. The molecule has 1 aromatic carbocycles. The van der Waals surface area contributed by atoms with E-state index in [-0.39, 0.29) is 6.03 Å². The number of amides is 2. The van der Waals surface area contributed by atoms with Crippen LogP contribution >= 0.6 is 11.3 Å². The van der Waals surface area contributed by atoms with Crippen LogP contribution in [0.4, 0.5) is 10.5 Å². The number of carbonyl (C=O) groups is 1. The first-order chi connectivity index (χ1) is 12.2. The molecular weight excluding hydrogens is 330 g/mol. The van der Waals surface area contributed by atoms with E-state index < -0.39 is 0 Å². The van der Waals surface area contributed by atoms with E-state index in [4.69, 9.17) is 0 Å². The number of nitrogens with zero attached hydrogens (tertiary/aromatic N) is 2. The van der Waals surface area contributed by atoms with Crippen LogP contribution < -0.4 is 5.32 Å². The summed E-state index contributed by atoms with van der Waals surface area (Å²) in [5.41, 5.74) is 2.05. The van der Waals surface area contributed by atoms with Crippen molar-refractivity contribution in [1.82, 2.24) is 9.80 Å². The number of piperidine rings is 1. The minimum Gasteiger partial charge on any atom is -0.316 e. The summed E-state index contributed by atoms with van der Waals surface area (Å²) in [6.45, 7) is 8.17. The summed E-state index contributed by atoms with van der Waals surface area (Å²) in [5.74, 6) is 0. The predicted octanol–water partition coefficient (Wildman–Crippen LogP) is 4.57. The summed E-state index contributed by atoms with van der Waals surface area (Å²) in [6, 6.07) is 12.5. The SMILES string of the molecule is CCN1CCC(N(Cc2cccs2)C(=O)Nc2ccc(C)cc2)CC1. The first-order valence-corrected chi connectivity index (χ1v) is 9.92. The molecular formula is C20H27N3OS. The summed E-state index contributed by atoms with van der Waals surface area (Å²) in [7, 11) is 0. The Labute approximate surface area is 154 Å². The van der Waals surface area contributed by atoms with Crippen LogP contribution in [0.3, 0.4) is 0 Å². The minimum absolute atomic E-state index is 0.00667. The van der Waals surface area contributed by atoms with Gasteiger partial charge in [-0.25, -0.2) is 4.79 Å². The number of thiophene rings is 1. The zero-order chi connectivity index (χ0) is 17.6. The van der Waals surface area contributed by atoms with Crippen LogP contribution in [0.1, 0.15) is 30.2 Å².